The number of nitrogens with zero attached hydrogens (tertiary/aromatic N) is 2. The normalized spacial score (nSPS) is 21.3. The monoisotopic (exact) mass is 281 g/mol. The standard InChI is InChI=1S/C18H23N3/c1-14-16(10-7-11-19-14)21-13-18(2,3)20-12-17(21)15-8-5-4-6-9-15/h4-11,17,20H,12-13H2,1-3H3. The van der Waals surface area contributed by atoms with Gasteiger partial charge in [0.1, 0.15) is 0 Å². The first-order chi connectivity index (χ1) is 10.1. The molecule has 0 aliphatic carbocycles. The molecule has 0 bridgehead atoms. The van der Waals surface area contributed by atoms with E-state index in [1.165, 1.54) is 11.3 Å². The van der Waals surface area contributed by atoms with E-state index >= 15 is 0 Å². The summed E-state index contributed by atoms with van der Waals surface area (Å²) in [6.45, 7) is 8.52. The lowest BCUT2D eigenvalue weighted by Crippen LogP contribution is -2.58. The number of aromatic nitrogens is 1. The van der Waals surface area contributed by atoms with E-state index in [2.05, 4.69) is 72.4 Å². The van der Waals surface area contributed by atoms with E-state index in [1.807, 2.05) is 12.3 Å². The molecule has 1 N–H and O–H groups in total. The Labute approximate surface area is 127 Å². The number of piperazine rings is 1. The van der Waals surface area contributed by atoms with E-state index in [1.54, 1.807) is 0 Å². The predicted octanol–water partition coefficient (Wildman–Crippen LogP) is 3.32. The van der Waals surface area contributed by atoms with Gasteiger partial charge in [-0.25, -0.2) is 0 Å². The molecule has 3 nitrogen and oxygen atoms in total. The molecule has 0 amide bonds. The fraction of sp³-hybridized carbons (Fsp3) is 0.389. The lowest BCUT2D eigenvalue weighted by atomic mass is 9.94. The van der Waals surface area contributed by atoms with Crippen molar-refractivity contribution in [1.82, 2.24) is 10.3 Å². The third kappa shape index (κ3) is 2.93. The molecule has 2 aromatic rings. The van der Waals surface area contributed by atoms with Crippen LogP contribution in [0.25, 0.3) is 0 Å². The van der Waals surface area contributed by atoms with Gasteiger partial charge >= 0.3 is 0 Å². The van der Waals surface area contributed by atoms with Crippen LogP contribution in [0.1, 0.15) is 31.1 Å². The molecular formula is C18H23N3. The summed E-state index contributed by atoms with van der Waals surface area (Å²) in [4.78, 5) is 6.96. The fourth-order valence-corrected chi connectivity index (χ4v) is 3.08. The van der Waals surface area contributed by atoms with Gasteiger partial charge in [-0.1, -0.05) is 30.3 Å². The van der Waals surface area contributed by atoms with E-state index in [0.717, 1.165) is 18.8 Å². The van der Waals surface area contributed by atoms with Crippen molar-refractivity contribution in [3.8, 4) is 0 Å². The van der Waals surface area contributed by atoms with Gasteiger partial charge in [-0.15, -0.1) is 0 Å². The highest BCUT2D eigenvalue weighted by molar-refractivity contribution is 5.53. The van der Waals surface area contributed by atoms with Crippen molar-refractivity contribution in [2.75, 3.05) is 18.0 Å². The van der Waals surface area contributed by atoms with Crippen LogP contribution in [-0.2, 0) is 0 Å². The van der Waals surface area contributed by atoms with E-state index in [0.29, 0.717) is 6.04 Å². The summed E-state index contributed by atoms with van der Waals surface area (Å²) < 4.78 is 0. The van der Waals surface area contributed by atoms with Crippen molar-refractivity contribution in [3.05, 3.63) is 59.9 Å². The third-order valence-corrected chi connectivity index (χ3v) is 4.19. The van der Waals surface area contributed by atoms with Crippen molar-refractivity contribution >= 4 is 5.69 Å². The van der Waals surface area contributed by atoms with Crippen molar-refractivity contribution < 1.29 is 0 Å². The summed E-state index contributed by atoms with van der Waals surface area (Å²) in [5.74, 6) is 0. The Morgan fingerprint density at radius 2 is 1.90 bits per heavy atom. The summed E-state index contributed by atoms with van der Waals surface area (Å²) in [6, 6.07) is 15.3. The average Bonchev–Trinajstić information content (AvgIpc) is 2.48. The molecule has 1 aromatic carbocycles. The molecule has 3 heteroatoms. The highest BCUT2D eigenvalue weighted by atomic mass is 15.3. The molecule has 1 fully saturated rings. The first kappa shape index (κ1) is 14.1. The SMILES string of the molecule is Cc1ncccc1N1CC(C)(C)NCC1c1ccccc1. The van der Waals surface area contributed by atoms with Crippen LogP contribution in [0.3, 0.4) is 0 Å². The maximum absolute atomic E-state index is 4.47. The zero-order chi connectivity index (χ0) is 14.9. The first-order valence-electron chi connectivity index (χ1n) is 7.55. The van der Waals surface area contributed by atoms with Crippen LogP contribution in [0.2, 0.25) is 0 Å². The Morgan fingerprint density at radius 1 is 1.14 bits per heavy atom. The van der Waals surface area contributed by atoms with Crippen LogP contribution in [0.4, 0.5) is 5.69 Å². The minimum atomic E-state index is 0.105. The number of nitrogens with one attached hydrogen (secondary N) is 1. The lowest BCUT2D eigenvalue weighted by Gasteiger charge is -2.46. The van der Waals surface area contributed by atoms with Crippen LogP contribution in [0.15, 0.2) is 48.7 Å². The molecular weight excluding hydrogens is 258 g/mol. The average molecular weight is 281 g/mol. The summed E-state index contributed by atoms with van der Waals surface area (Å²) >= 11 is 0. The van der Waals surface area contributed by atoms with E-state index < -0.39 is 0 Å². The van der Waals surface area contributed by atoms with Crippen molar-refractivity contribution in [1.29, 1.82) is 0 Å². The molecule has 0 radical (unpaired) electrons. The topological polar surface area (TPSA) is 28.2 Å². The molecule has 110 valence electrons. The number of benzene rings is 1. The van der Waals surface area contributed by atoms with Gasteiger partial charge < -0.3 is 10.2 Å². The van der Waals surface area contributed by atoms with Crippen LogP contribution in [0.5, 0.6) is 0 Å². The molecule has 1 saturated heterocycles. The molecule has 0 saturated carbocycles. The summed E-state index contributed by atoms with van der Waals surface area (Å²) in [6.07, 6.45) is 1.86. The highest BCUT2D eigenvalue weighted by Gasteiger charge is 2.34. The van der Waals surface area contributed by atoms with Gasteiger partial charge in [0, 0.05) is 24.8 Å². The number of anilines is 1. The Balaban J connectivity index is 2.01. The van der Waals surface area contributed by atoms with Crippen LogP contribution < -0.4 is 10.2 Å². The molecule has 1 unspecified atom stereocenters. The van der Waals surface area contributed by atoms with Crippen molar-refractivity contribution in [3.63, 3.8) is 0 Å². The smallest absolute Gasteiger partial charge is 0.0668 e. The van der Waals surface area contributed by atoms with E-state index in [-0.39, 0.29) is 5.54 Å². The molecule has 1 aliphatic rings. The minimum Gasteiger partial charge on any atom is -0.360 e. The Morgan fingerprint density at radius 3 is 2.62 bits per heavy atom. The fourth-order valence-electron chi connectivity index (χ4n) is 3.08. The first-order valence-corrected chi connectivity index (χ1v) is 7.55. The molecule has 1 aliphatic heterocycles. The second-order valence-electron chi connectivity index (χ2n) is 6.43. The second-order valence-corrected chi connectivity index (χ2v) is 6.43. The summed E-state index contributed by atoms with van der Waals surface area (Å²) in [7, 11) is 0. The Hall–Kier alpha value is -1.87. The van der Waals surface area contributed by atoms with Gasteiger partial charge in [0.2, 0.25) is 0 Å². The maximum Gasteiger partial charge on any atom is 0.0668 e. The third-order valence-electron chi connectivity index (χ3n) is 4.19. The minimum absolute atomic E-state index is 0.105. The number of aryl methyl sites for hydroxylation is 1. The zero-order valence-electron chi connectivity index (χ0n) is 13.0. The zero-order valence-corrected chi connectivity index (χ0v) is 13.0. The Bertz CT molecular complexity index is 607. The molecule has 1 atom stereocenters. The van der Waals surface area contributed by atoms with Crippen LogP contribution >= 0.6 is 0 Å². The predicted molar refractivity (Wildman–Crippen MR) is 87.6 cm³/mol. The number of hydrogen-bond acceptors (Lipinski definition) is 3. The van der Waals surface area contributed by atoms with E-state index in [9.17, 15) is 0 Å². The lowest BCUT2D eigenvalue weighted by molar-refractivity contribution is 0.312. The molecule has 0 spiro atoms. The number of hydrogen-bond donors (Lipinski definition) is 1. The quantitative estimate of drug-likeness (QED) is 0.915. The van der Waals surface area contributed by atoms with Gasteiger partial charge in [0.15, 0.2) is 0 Å². The molecule has 1 aromatic heterocycles. The Kier molecular flexibility index (Phi) is 3.68. The van der Waals surface area contributed by atoms with Gasteiger partial charge in [-0.3, -0.25) is 4.98 Å². The molecule has 2 heterocycles. The summed E-state index contributed by atoms with van der Waals surface area (Å²) in [5, 5.41) is 3.66. The van der Waals surface area contributed by atoms with Gasteiger partial charge in [0.05, 0.1) is 17.4 Å². The van der Waals surface area contributed by atoms with Crippen molar-refractivity contribution in [2.24, 2.45) is 0 Å². The summed E-state index contributed by atoms with van der Waals surface area (Å²) in [5.41, 5.74) is 3.79. The van der Waals surface area contributed by atoms with Crippen LogP contribution in [-0.4, -0.2) is 23.6 Å². The number of rotatable bonds is 2. The maximum atomic E-state index is 4.47. The molecule has 21 heavy (non-hydrogen) atoms. The second kappa shape index (κ2) is 5.49. The van der Waals surface area contributed by atoms with Crippen LogP contribution in [0, 0.1) is 6.92 Å². The largest absolute Gasteiger partial charge is 0.360 e. The highest BCUT2D eigenvalue weighted by Crippen LogP contribution is 2.33. The van der Waals surface area contributed by atoms with E-state index in [4.69, 9.17) is 0 Å². The van der Waals surface area contributed by atoms with Gasteiger partial charge in [0.25, 0.3) is 0 Å². The number of pyridine rings is 1. The van der Waals surface area contributed by atoms with Gasteiger partial charge in [-0.05, 0) is 38.5 Å². The molecule has 3 rings (SSSR count). The van der Waals surface area contributed by atoms with Gasteiger partial charge in [-0.2, -0.15) is 0 Å². The van der Waals surface area contributed by atoms with Crippen molar-refractivity contribution in [2.45, 2.75) is 32.4 Å².